The van der Waals surface area contributed by atoms with Gasteiger partial charge in [-0.2, -0.15) is 26.3 Å². The maximum Gasteiger partial charge on any atom is 0.418 e. The lowest BCUT2D eigenvalue weighted by atomic mass is 9.91. The van der Waals surface area contributed by atoms with Crippen molar-refractivity contribution in [2.45, 2.75) is 25.4 Å². The normalized spacial score (nSPS) is 12.1. The first kappa shape index (κ1) is 30.2. The fourth-order valence-corrected chi connectivity index (χ4v) is 5.00. The van der Waals surface area contributed by atoms with E-state index in [0.29, 0.717) is 12.1 Å². The smallest absolute Gasteiger partial charge is 0.418 e. The topological polar surface area (TPSA) is 22.1 Å². The second kappa shape index (κ2) is 11.4. The summed E-state index contributed by atoms with van der Waals surface area (Å²) in [6.45, 7) is -0.375. The van der Waals surface area contributed by atoms with E-state index in [1.54, 1.807) is 0 Å². The first-order valence-electron chi connectivity index (χ1n) is 12.4. The Hall–Kier alpha value is -4.25. The summed E-state index contributed by atoms with van der Waals surface area (Å²) in [5, 5.41) is -0.537. The molecule has 0 aliphatic rings. The highest BCUT2D eigenvalue weighted by atomic mass is 35.5. The van der Waals surface area contributed by atoms with Crippen LogP contribution in [0, 0.1) is 17.5 Å². The van der Waals surface area contributed by atoms with Crippen molar-refractivity contribution in [3.63, 3.8) is 0 Å². The van der Waals surface area contributed by atoms with Crippen LogP contribution in [0.4, 0.5) is 39.5 Å². The molecule has 0 amide bonds. The Labute approximate surface area is 243 Å². The Morgan fingerprint density at radius 3 is 2.02 bits per heavy atom. The Bertz CT molecular complexity index is 1810. The molecule has 5 rings (SSSR count). The van der Waals surface area contributed by atoms with Crippen molar-refractivity contribution in [1.29, 1.82) is 0 Å². The van der Waals surface area contributed by atoms with Crippen molar-refractivity contribution in [3.05, 3.63) is 129 Å². The number of halogens is 10. The molecule has 5 aromatic rings. The standard InChI is InChI=1S/C31H17ClF9NO/c32-28-17(5-2-8-23(28)30(36,37)38)15-43-20-6-1-4-16(10-20)27-18(11-22-25(34)12-19(33)13-26(22)35)14-42-29-21(27)7-3-9-24(29)31(39,40)41/h1-10,12-14H,11,15H2. The number of benzene rings is 4. The molecule has 0 saturated heterocycles. The summed E-state index contributed by atoms with van der Waals surface area (Å²) < 4.78 is 130. The van der Waals surface area contributed by atoms with E-state index in [0.717, 1.165) is 24.4 Å². The summed E-state index contributed by atoms with van der Waals surface area (Å²) in [6.07, 6.45) is -8.89. The molecule has 0 spiro atoms. The van der Waals surface area contributed by atoms with E-state index >= 15 is 0 Å². The minimum atomic E-state index is -4.77. The second-order valence-corrected chi connectivity index (χ2v) is 9.85. The summed E-state index contributed by atoms with van der Waals surface area (Å²) in [7, 11) is 0. The van der Waals surface area contributed by atoms with E-state index < -0.39 is 63.5 Å². The molecule has 0 radical (unpaired) electrons. The molecular formula is C31H17ClF9NO. The van der Waals surface area contributed by atoms with E-state index in [1.807, 2.05) is 0 Å². The lowest BCUT2D eigenvalue weighted by molar-refractivity contribution is -0.138. The summed E-state index contributed by atoms with van der Waals surface area (Å²) in [4.78, 5) is 3.97. The van der Waals surface area contributed by atoms with Crippen molar-refractivity contribution in [2.75, 3.05) is 0 Å². The van der Waals surface area contributed by atoms with Gasteiger partial charge in [0.1, 0.15) is 29.8 Å². The van der Waals surface area contributed by atoms with Crippen molar-refractivity contribution in [3.8, 4) is 16.9 Å². The fourth-order valence-electron chi connectivity index (χ4n) is 4.71. The fraction of sp³-hybridized carbons (Fsp3) is 0.129. The first-order valence-corrected chi connectivity index (χ1v) is 12.8. The average Bonchev–Trinajstić information content (AvgIpc) is 2.92. The number of hydrogen-bond donors (Lipinski definition) is 0. The van der Waals surface area contributed by atoms with Crippen LogP contribution in [-0.2, 0) is 25.4 Å². The van der Waals surface area contributed by atoms with Gasteiger partial charge in [-0.15, -0.1) is 0 Å². The van der Waals surface area contributed by atoms with Crippen LogP contribution < -0.4 is 4.74 Å². The summed E-state index contributed by atoms with van der Waals surface area (Å²) in [5.74, 6) is -3.41. The maximum absolute atomic E-state index is 14.6. The summed E-state index contributed by atoms with van der Waals surface area (Å²) in [5.41, 5.74) is -2.47. The third kappa shape index (κ3) is 6.27. The van der Waals surface area contributed by atoms with Gasteiger partial charge in [0, 0.05) is 41.3 Å². The molecule has 0 N–H and O–H groups in total. The zero-order valence-electron chi connectivity index (χ0n) is 21.6. The molecule has 222 valence electrons. The Balaban J connectivity index is 1.61. The minimum Gasteiger partial charge on any atom is -0.489 e. The molecule has 1 heterocycles. The molecular weight excluding hydrogens is 609 g/mol. The van der Waals surface area contributed by atoms with Crippen molar-refractivity contribution in [2.24, 2.45) is 0 Å². The second-order valence-electron chi connectivity index (χ2n) is 9.48. The number of alkyl halides is 6. The van der Waals surface area contributed by atoms with Gasteiger partial charge >= 0.3 is 12.4 Å². The van der Waals surface area contributed by atoms with Crippen molar-refractivity contribution < 1.29 is 44.3 Å². The highest BCUT2D eigenvalue weighted by molar-refractivity contribution is 6.32. The third-order valence-electron chi connectivity index (χ3n) is 6.66. The molecule has 0 bridgehead atoms. The van der Waals surface area contributed by atoms with Crippen molar-refractivity contribution in [1.82, 2.24) is 4.98 Å². The van der Waals surface area contributed by atoms with Crippen LogP contribution >= 0.6 is 11.6 Å². The predicted octanol–water partition coefficient (Wildman–Crippen LogP) is 10.2. The van der Waals surface area contributed by atoms with Crippen LogP contribution in [0.1, 0.15) is 27.8 Å². The highest BCUT2D eigenvalue weighted by Crippen LogP contribution is 2.41. The molecule has 0 aliphatic heterocycles. The van der Waals surface area contributed by atoms with Crippen LogP contribution in [0.5, 0.6) is 5.75 Å². The molecule has 1 aromatic heterocycles. The van der Waals surface area contributed by atoms with E-state index in [4.69, 9.17) is 16.3 Å². The third-order valence-corrected chi connectivity index (χ3v) is 7.10. The number of pyridine rings is 1. The molecule has 0 unspecified atom stereocenters. The Morgan fingerprint density at radius 1 is 0.721 bits per heavy atom. The largest absolute Gasteiger partial charge is 0.489 e. The van der Waals surface area contributed by atoms with E-state index in [-0.39, 0.29) is 40.0 Å². The van der Waals surface area contributed by atoms with Gasteiger partial charge in [-0.1, -0.05) is 48.0 Å². The summed E-state index contributed by atoms with van der Waals surface area (Å²) >= 11 is 5.95. The Kier molecular flexibility index (Phi) is 8.04. The van der Waals surface area contributed by atoms with Gasteiger partial charge in [0.05, 0.1) is 21.7 Å². The van der Waals surface area contributed by atoms with Gasteiger partial charge < -0.3 is 4.74 Å². The zero-order chi connectivity index (χ0) is 31.1. The number of ether oxygens (including phenoxy) is 1. The van der Waals surface area contributed by atoms with E-state index in [2.05, 4.69) is 4.98 Å². The molecule has 0 fully saturated rings. The van der Waals surface area contributed by atoms with Gasteiger partial charge in [-0.05, 0) is 41.0 Å². The predicted molar refractivity (Wildman–Crippen MR) is 142 cm³/mol. The number of aromatic nitrogens is 1. The number of rotatable bonds is 6. The van der Waals surface area contributed by atoms with Crippen molar-refractivity contribution >= 4 is 22.5 Å². The lowest BCUT2D eigenvalue weighted by Gasteiger charge is -2.18. The van der Waals surface area contributed by atoms with E-state index in [1.165, 1.54) is 42.5 Å². The molecule has 0 atom stereocenters. The van der Waals surface area contributed by atoms with E-state index in [9.17, 15) is 39.5 Å². The van der Waals surface area contributed by atoms with Gasteiger partial charge in [0.25, 0.3) is 0 Å². The number of nitrogens with zero attached hydrogens (tertiary/aromatic N) is 1. The monoisotopic (exact) mass is 625 g/mol. The number of fused-ring (bicyclic) bond motifs is 1. The van der Waals surface area contributed by atoms with Crippen LogP contribution in [-0.4, -0.2) is 4.98 Å². The number of hydrogen-bond acceptors (Lipinski definition) is 2. The lowest BCUT2D eigenvalue weighted by Crippen LogP contribution is -2.08. The maximum atomic E-state index is 14.6. The Morgan fingerprint density at radius 2 is 1.35 bits per heavy atom. The molecule has 2 nitrogen and oxygen atoms in total. The van der Waals surface area contributed by atoms with Crippen LogP contribution in [0.15, 0.2) is 79.0 Å². The van der Waals surface area contributed by atoms with Gasteiger partial charge in [0.15, 0.2) is 0 Å². The molecule has 12 heteroatoms. The quantitative estimate of drug-likeness (QED) is 0.175. The average molecular weight is 626 g/mol. The SMILES string of the molecule is Fc1cc(F)c(Cc2cnc3c(C(F)(F)F)cccc3c2-c2cccc(OCc3cccc(C(F)(F)F)c3Cl)c2)c(F)c1. The number of para-hydroxylation sites is 1. The zero-order valence-corrected chi connectivity index (χ0v) is 22.3. The first-order chi connectivity index (χ1) is 20.2. The molecule has 4 aromatic carbocycles. The molecule has 0 aliphatic carbocycles. The van der Waals surface area contributed by atoms with Gasteiger partial charge in [0.2, 0.25) is 0 Å². The van der Waals surface area contributed by atoms with Gasteiger partial charge in [-0.25, -0.2) is 13.2 Å². The van der Waals surface area contributed by atoms with Gasteiger partial charge in [-0.3, -0.25) is 4.98 Å². The van der Waals surface area contributed by atoms with Crippen LogP contribution in [0.2, 0.25) is 5.02 Å². The van der Waals surface area contributed by atoms with Crippen LogP contribution in [0.3, 0.4) is 0 Å². The van der Waals surface area contributed by atoms with Crippen LogP contribution in [0.25, 0.3) is 22.0 Å². The highest BCUT2D eigenvalue weighted by Gasteiger charge is 2.35. The molecule has 0 saturated carbocycles. The minimum absolute atomic E-state index is 0.00771. The molecule has 43 heavy (non-hydrogen) atoms. The summed E-state index contributed by atoms with van der Waals surface area (Å²) in [6, 6.07) is 13.6.